The number of rotatable bonds is 5. The minimum Gasteiger partial charge on any atom is -0.477 e. The minimum absolute atomic E-state index is 0.0319. The first-order valence-electron chi connectivity index (χ1n) is 11.0. The zero-order valence-electron chi connectivity index (χ0n) is 18.1. The van der Waals surface area contributed by atoms with Crippen molar-refractivity contribution in [1.29, 1.82) is 0 Å². The number of fused-ring (bicyclic) bond motifs is 1. The van der Waals surface area contributed by atoms with Gasteiger partial charge in [0.2, 0.25) is 5.43 Å². The fraction of sp³-hybridized carbons (Fsp3) is 0.320. The smallest absolute Gasteiger partial charge is 0.341 e. The third-order valence-corrected chi connectivity index (χ3v) is 6.35. The summed E-state index contributed by atoms with van der Waals surface area (Å²) >= 11 is 0. The molecule has 1 aliphatic heterocycles. The van der Waals surface area contributed by atoms with E-state index in [-0.39, 0.29) is 28.7 Å². The fourth-order valence-electron chi connectivity index (χ4n) is 4.43. The van der Waals surface area contributed by atoms with E-state index in [0.717, 1.165) is 30.0 Å². The number of benzene rings is 2. The van der Waals surface area contributed by atoms with Gasteiger partial charge >= 0.3 is 5.97 Å². The van der Waals surface area contributed by atoms with Gasteiger partial charge in [-0.15, -0.1) is 0 Å². The first-order chi connectivity index (χ1) is 15.8. The molecule has 1 N–H and O–H groups in total. The van der Waals surface area contributed by atoms with Crippen LogP contribution in [0.1, 0.15) is 46.8 Å². The van der Waals surface area contributed by atoms with E-state index < -0.39 is 28.6 Å². The van der Waals surface area contributed by atoms with Crippen molar-refractivity contribution in [1.82, 2.24) is 4.57 Å². The monoisotopic (exact) mass is 451 g/mol. The first-order valence-corrected chi connectivity index (χ1v) is 11.0. The van der Waals surface area contributed by atoms with E-state index in [0.29, 0.717) is 19.5 Å². The summed E-state index contributed by atoms with van der Waals surface area (Å²) < 4.78 is 32.3. The SMILES string of the molecule is Cc1ccc(/C=N/C2CCN(c3c(F)cc4c(=O)c(C(=O)O)cn(C5CC5)c4c3F)C2)cc1. The molecule has 2 aliphatic rings. The van der Waals surface area contributed by atoms with E-state index in [2.05, 4.69) is 4.99 Å². The minimum atomic E-state index is -1.41. The summed E-state index contributed by atoms with van der Waals surface area (Å²) in [6.07, 6.45) is 5.12. The van der Waals surface area contributed by atoms with E-state index in [9.17, 15) is 14.7 Å². The van der Waals surface area contributed by atoms with E-state index >= 15 is 8.78 Å². The number of hydrogen-bond acceptors (Lipinski definition) is 4. The van der Waals surface area contributed by atoms with E-state index in [1.54, 1.807) is 11.1 Å². The predicted octanol–water partition coefficient (Wildman–Crippen LogP) is 4.32. The van der Waals surface area contributed by atoms with Crippen LogP contribution in [0, 0.1) is 18.6 Å². The lowest BCUT2D eigenvalue weighted by Crippen LogP contribution is -2.25. The quantitative estimate of drug-likeness (QED) is 0.587. The van der Waals surface area contributed by atoms with Crippen LogP contribution in [0.3, 0.4) is 0 Å². The first kappa shape index (κ1) is 21.3. The highest BCUT2D eigenvalue weighted by molar-refractivity contribution is 5.94. The number of hydrogen-bond donors (Lipinski definition) is 1. The number of aliphatic imine (C=N–C) groups is 1. The molecule has 1 saturated carbocycles. The Bertz CT molecular complexity index is 1340. The second-order valence-electron chi connectivity index (χ2n) is 8.81. The number of aromatic nitrogens is 1. The van der Waals surface area contributed by atoms with Crippen LogP contribution in [0.4, 0.5) is 14.5 Å². The normalized spacial score (nSPS) is 18.5. The molecule has 1 saturated heterocycles. The molecule has 2 aromatic carbocycles. The summed E-state index contributed by atoms with van der Waals surface area (Å²) in [5.41, 5.74) is 0.544. The van der Waals surface area contributed by atoms with Crippen molar-refractivity contribution >= 4 is 28.8 Å². The summed E-state index contributed by atoms with van der Waals surface area (Å²) in [7, 11) is 0. The van der Waals surface area contributed by atoms with Crippen molar-refractivity contribution in [2.75, 3.05) is 18.0 Å². The third kappa shape index (κ3) is 3.90. The van der Waals surface area contributed by atoms with E-state index in [1.165, 1.54) is 10.8 Å². The molecule has 0 bridgehead atoms. The highest BCUT2D eigenvalue weighted by atomic mass is 19.1. The third-order valence-electron chi connectivity index (χ3n) is 6.35. The lowest BCUT2D eigenvalue weighted by Gasteiger charge is -2.22. The molecular formula is C25H23F2N3O3. The van der Waals surface area contributed by atoms with Crippen LogP contribution >= 0.6 is 0 Å². The van der Waals surface area contributed by atoms with Gasteiger partial charge in [-0.2, -0.15) is 0 Å². The zero-order chi connectivity index (χ0) is 23.3. The van der Waals surface area contributed by atoms with Gasteiger partial charge in [0.25, 0.3) is 0 Å². The van der Waals surface area contributed by atoms with Crippen LogP contribution in [0.15, 0.2) is 46.3 Å². The molecule has 1 aromatic heterocycles. The Hall–Kier alpha value is -3.55. The predicted molar refractivity (Wildman–Crippen MR) is 123 cm³/mol. The number of aryl methyl sites for hydroxylation is 1. The Morgan fingerprint density at radius 1 is 1.18 bits per heavy atom. The number of anilines is 1. The highest BCUT2D eigenvalue weighted by Gasteiger charge is 2.32. The van der Waals surface area contributed by atoms with Crippen molar-refractivity contribution in [3.05, 3.63) is 75.1 Å². The van der Waals surface area contributed by atoms with Crippen molar-refractivity contribution in [2.24, 2.45) is 4.99 Å². The summed E-state index contributed by atoms with van der Waals surface area (Å²) in [6.45, 7) is 2.78. The Balaban J connectivity index is 1.51. The van der Waals surface area contributed by atoms with Gasteiger partial charge in [0.1, 0.15) is 17.1 Å². The fourth-order valence-corrected chi connectivity index (χ4v) is 4.43. The van der Waals surface area contributed by atoms with Crippen molar-refractivity contribution < 1.29 is 18.7 Å². The largest absolute Gasteiger partial charge is 0.477 e. The molecule has 8 heteroatoms. The molecule has 2 heterocycles. The average molecular weight is 451 g/mol. The van der Waals surface area contributed by atoms with Gasteiger partial charge in [0, 0.05) is 31.5 Å². The Morgan fingerprint density at radius 3 is 2.58 bits per heavy atom. The lowest BCUT2D eigenvalue weighted by atomic mass is 10.1. The number of aromatic carboxylic acids is 1. The second-order valence-corrected chi connectivity index (χ2v) is 8.81. The average Bonchev–Trinajstić information content (AvgIpc) is 3.52. The molecule has 5 rings (SSSR count). The maximum absolute atomic E-state index is 15.7. The van der Waals surface area contributed by atoms with Crippen LogP contribution in [0.25, 0.3) is 10.9 Å². The molecule has 3 aromatic rings. The molecule has 1 aliphatic carbocycles. The van der Waals surface area contributed by atoms with Crippen molar-refractivity contribution in [3.63, 3.8) is 0 Å². The molecule has 0 spiro atoms. The second kappa shape index (κ2) is 8.10. The summed E-state index contributed by atoms with van der Waals surface area (Å²) in [5.74, 6) is -3.10. The maximum atomic E-state index is 15.7. The van der Waals surface area contributed by atoms with Gasteiger partial charge in [-0.25, -0.2) is 13.6 Å². The van der Waals surface area contributed by atoms with Gasteiger partial charge in [-0.1, -0.05) is 29.8 Å². The number of carboxylic acids is 1. The van der Waals surface area contributed by atoms with Gasteiger partial charge in [0.15, 0.2) is 5.82 Å². The Kier molecular flexibility index (Phi) is 5.23. The number of carboxylic acid groups (broad SMARTS) is 1. The molecule has 6 nitrogen and oxygen atoms in total. The topological polar surface area (TPSA) is 74.9 Å². The number of halogens is 2. The number of nitrogens with zero attached hydrogens (tertiary/aromatic N) is 3. The standard InChI is InChI=1S/C25H23F2N3O3/c1-14-2-4-15(5-3-14)11-28-16-8-9-29(12-16)23-20(26)10-18-22(21(23)27)30(17-6-7-17)13-19(24(18)31)25(32)33/h2-5,10-11,13,16-17H,6-9,12H2,1H3,(H,32,33)/b28-11+. The summed E-state index contributed by atoms with van der Waals surface area (Å²) in [5, 5.41) is 9.13. The van der Waals surface area contributed by atoms with Gasteiger partial charge in [-0.3, -0.25) is 9.79 Å². The maximum Gasteiger partial charge on any atom is 0.341 e. The van der Waals surface area contributed by atoms with Crippen LogP contribution in [0.5, 0.6) is 0 Å². The number of pyridine rings is 1. The van der Waals surface area contributed by atoms with Gasteiger partial charge < -0.3 is 14.6 Å². The Morgan fingerprint density at radius 2 is 1.91 bits per heavy atom. The van der Waals surface area contributed by atoms with E-state index in [1.807, 2.05) is 31.2 Å². The van der Waals surface area contributed by atoms with Crippen LogP contribution in [-0.4, -0.2) is 41.0 Å². The van der Waals surface area contributed by atoms with E-state index in [4.69, 9.17) is 0 Å². The number of carbonyl (C=O) groups is 1. The van der Waals surface area contributed by atoms with Crippen LogP contribution in [-0.2, 0) is 0 Å². The van der Waals surface area contributed by atoms with Crippen molar-refractivity contribution in [3.8, 4) is 0 Å². The highest BCUT2D eigenvalue weighted by Crippen LogP contribution is 2.40. The molecule has 1 atom stereocenters. The molecule has 1 unspecified atom stereocenters. The summed E-state index contributed by atoms with van der Waals surface area (Å²) in [6, 6.07) is 8.71. The molecule has 170 valence electrons. The van der Waals surface area contributed by atoms with Gasteiger partial charge in [0.05, 0.1) is 16.9 Å². The Labute approximate surface area is 188 Å². The molecule has 0 radical (unpaired) electrons. The molecule has 0 amide bonds. The molecular weight excluding hydrogens is 428 g/mol. The zero-order valence-corrected chi connectivity index (χ0v) is 18.1. The summed E-state index contributed by atoms with van der Waals surface area (Å²) in [4.78, 5) is 30.3. The molecule has 33 heavy (non-hydrogen) atoms. The van der Waals surface area contributed by atoms with Crippen LogP contribution < -0.4 is 10.3 Å². The van der Waals surface area contributed by atoms with Crippen molar-refractivity contribution in [2.45, 2.75) is 38.3 Å². The van der Waals surface area contributed by atoms with Crippen LogP contribution in [0.2, 0.25) is 0 Å². The van der Waals surface area contributed by atoms with Gasteiger partial charge in [-0.05, 0) is 37.8 Å². The lowest BCUT2D eigenvalue weighted by molar-refractivity contribution is 0.0694. The molecule has 2 fully saturated rings.